The number of nitrogens with zero attached hydrogens (tertiary/aromatic N) is 2. The Labute approximate surface area is 259 Å². The first-order valence-electron chi connectivity index (χ1n) is 15.0. The second-order valence-electron chi connectivity index (χ2n) is 10.1. The van der Waals surface area contributed by atoms with Gasteiger partial charge in [0.05, 0.1) is 39.6 Å². The number of benzene rings is 3. The number of anilines is 2. The number of aromatic nitrogens is 2. The van der Waals surface area contributed by atoms with E-state index in [2.05, 4.69) is 27.5 Å². The third kappa shape index (κ3) is 8.21. The average molecular weight is 603 g/mol. The van der Waals surface area contributed by atoms with Crippen LogP contribution >= 0.6 is 0 Å². The first-order chi connectivity index (χ1) is 21.5. The van der Waals surface area contributed by atoms with Crippen LogP contribution in [0, 0.1) is 0 Å². The normalized spacial score (nSPS) is 11.5. The molecule has 0 saturated carbocycles. The van der Waals surface area contributed by atoms with E-state index in [4.69, 9.17) is 23.7 Å². The van der Waals surface area contributed by atoms with Crippen molar-refractivity contribution in [3.8, 4) is 23.0 Å². The van der Waals surface area contributed by atoms with Gasteiger partial charge in [-0.15, -0.1) is 0 Å². The summed E-state index contributed by atoms with van der Waals surface area (Å²) >= 11 is 0. The van der Waals surface area contributed by atoms with Gasteiger partial charge in [0.25, 0.3) is 0 Å². The van der Waals surface area contributed by atoms with Crippen molar-refractivity contribution in [2.75, 3.05) is 44.7 Å². The summed E-state index contributed by atoms with van der Waals surface area (Å²) in [4.78, 5) is 22.3. The summed E-state index contributed by atoms with van der Waals surface area (Å²) in [6, 6.07) is 16.2. The van der Waals surface area contributed by atoms with E-state index in [0.717, 1.165) is 41.7 Å². The van der Waals surface area contributed by atoms with E-state index in [0.29, 0.717) is 60.4 Å². The van der Waals surface area contributed by atoms with Gasteiger partial charge in [0, 0.05) is 29.2 Å². The SMILES string of the molecule is CCCCOC(=O)C(Nc1ccc2c(NCc3ccc(OC)cc3OC)ncnc2c1)c1ccc(OCCC)c(OCC)c1. The van der Waals surface area contributed by atoms with Crippen LogP contribution in [0.1, 0.15) is 57.2 Å². The molecule has 4 aromatic rings. The summed E-state index contributed by atoms with van der Waals surface area (Å²) in [6.07, 6.45) is 4.10. The van der Waals surface area contributed by atoms with Crippen LogP contribution in [0.25, 0.3) is 10.9 Å². The summed E-state index contributed by atoms with van der Waals surface area (Å²) in [5.74, 6) is 2.98. The van der Waals surface area contributed by atoms with Crippen LogP contribution in [-0.2, 0) is 16.1 Å². The van der Waals surface area contributed by atoms with Gasteiger partial charge >= 0.3 is 5.97 Å². The maximum atomic E-state index is 13.4. The van der Waals surface area contributed by atoms with E-state index in [1.165, 1.54) is 6.33 Å². The molecule has 0 radical (unpaired) electrons. The molecule has 0 spiro atoms. The first kappa shape index (κ1) is 32.2. The van der Waals surface area contributed by atoms with E-state index >= 15 is 0 Å². The first-order valence-corrected chi connectivity index (χ1v) is 15.0. The van der Waals surface area contributed by atoms with Gasteiger partial charge in [0.1, 0.15) is 23.6 Å². The Morgan fingerprint density at radius 3 is 2.45 bits per heavy atom. The van der Waals surface area contributed by atoms with E-state index in [1.54, 1.807) is 14.2 Å². The number of hydrogen-bond donors (Lipinski definition) is 2. The van der Waals surface area contributed by atoms with Crippen LogP contribution in [0.3, 0.4) is 0 Å². The molecule has 4 rings (SSSR count). The summed E-state index contributed by atoms with van der Waals surface area (Å²) in [5.41, 5.74) is 3.09. The molecule has 10 heteroatoms. The molecule has 0 aliphatic heterocycles. The summed E-state index contributed by atoms with van der Waals surface area (Å²) in [6.45, 7) is 7.90. The van der Waals surface area contributed by atoms with Crippen LogP contribution in [0.2, 0.25) is 0 Å². The van der Waals surface area contributed by atoms with Crippen molar-refractivity contribution in [2.24, 2.45) is 0 Å². The lowest BCUT2D eigenvalue weighted by Gasteiger charge is -2.21. The third-order valence-corrected chi connectivity index (χ3v) is 6.93. The molecule has 44 heavy (non-hydrogen) atoms. The number of hydrogen-bond acceptors (Lipinski definition) is 10. The fourth-order valence-corrected chi connectivity index (χ4v) is 4.61. The molecule has 0 fully saturated rings. The molecule has 1 atom stereocenters. The Bertz CT molecular complexity index is 1530. The molecular weight excluding hydrogens is 560 g/mol. The van der Waals surface area contributed by atoms with Crippen molar-refractivity contribution in [3.63, 3.8) is 0 Å². The fraction of sp³-hybridized carbons (Fsp3) is 0.382. The van der Waals surface area contributed by atoms with Gasteiger partial charge in [-0.25, -0.2) is 14.8 Å². The van der Waals surface area contributed by atoms with Crippen LogP contribution in [0.4, 0.5) is 11.5 Å². The maximum absolute atomic E-state index is 13.4. The minimum absolute atomic E-state index is 0.350. The predicted octanol–water partition coefficient (Wildman–Crippen LogP) is 6.94. The van der Waals surface area contributed by atoms with Gasteiger partial charge in [0.15, 0.2) is 17.5 Å². The summed E-state index contributed by atoms with van der Waals surface area (Å²) in [7, 11) is 3.25. The minimum atomic E-state index is -0.772. The zero-order valence-corrected chi connectivity index (χ0v) is 26.1. The molecular formula is C34H42N4O6. The second-order valence-corrected chi connectivity index (χ2v) is 10.1. The maximum Gasteiger partial charge on any atom is 0.333 e. The molecule has 0 aliphatic carbocycles. The quantitative estimate of drug-likeness (QED) is 0.0973. The lowest BCUT2D eigenvalue weighted by molar-refractivity contribution is -0.144. The van der Waals surface area contributed by atoms with Crippen molar-refractivity contribution in [3.05, 3.63) is 72.1 Å². The Kier molecular flexibility index (Phi) is 11.9. The van der Waals surface area contributed by atoms with E-state index < -0.39 is 6.04 Å². The zero-order chi connectivity index (χ0) is 31.3. The van der Waals surface area contributed by atoms with Gasteiger partial charge in [-0.05, 0) is 67.8 Å². The molecule has 0 amide bonds. The molecule has 1 unspecified atom stereocenters. The van der Waals surface area contributed by atoms with Crippen molar-refractivity contribution in [1.29, 1.82) is 0 Å². The van der Waals surface area contributed by atoms with Crippen LogP contribution in [0.5, 0.6) is 23.0 Å². The molecule has 0 saturated heterocycles. The third-order valence-electron chi connectivity index (χ3n) is 6.93. The van der Waals surface area contributed by atoms with E-state index in [-0.39, 0.29) is 5.97 Å². The summed E-state index contributed by atoms with van der Waals surface area (Å²) in [5, 5.41) is 7.60. The standard InChI is InChI=1S/C34H42N4O6/c1-6-9-17-44-34(39)32(23-11-15-29(43-16-7-2)31(18-23)42-8-3)38-25-12-14-27-28(19-25)36-22-37-33(27)35-21-24-10-13-26(40-4)20-30(24)41-5/h10-15,18-20,22,32,38H,6-9,16-17,21H2,1-5H3,(H,35,36,37). The Morgan fingerprint density at radius 1 is 0.841 bits per heavy atom. The minimum Gasteiger partial charge on any atom is -0.497 e. The summed E-state index contributed by atoms with van der Waals surface area (Å²) < 4.78 is 28.2. The highest BCUT2D eigenvalue weighted by atomic mass is 16.5. The van der Waals surface area contributed by atoms with Crippen molar-refractivity contribution in [1.82, 2.24) is 9.97 Å². The van der Waals surface area contributed by atoms with Crippen molar-refractivity contribution < 1.29 is 28.5 Å². The monoisotopic (exact) mass is 602 g/mol. The Hall–Kier alpha value is -4.73. The molecule has 234 valence electrons. The average Bonchev–Trinajstić information content (AvgIpc) is 3.05. The number of carbonyl (C=O) groups is 1. The highest BCUT2D eigenvalue weighted by Gasteiger charge is 2.24. The molecule has 3 aromatic carbocycles. The van der Waals surface area contributed by atoms with Crippen LogP contribution in [-0.4, -0.2) is 50.0 Å². The van der Waals surface area contributed by atoms with Crippen LogP contribution in [0.15, 0.2) is 60.9 Å². The number of fused-ring (bicyclic) bond motifs is 1. The molecule has 0 aliphatic rings. The zero-order valence-electron chi connectivity index (χ0n) is 26.1. The lowest BCUT2D eigenvalue weighted by atomic mass is 10.0. The topological polar surface area (TPSA) is 113 Å². The Balaban J connectivity index is 1.59. The highest BCUT2D eigenvalue weighted by Crippen LogP contribution is 2.34. The van der Waals surface area contributed by atoms with E-state index in [9.17, 15) is 4.79 Å². The van der Waals surface area contributed by atoms with Crippen LogP contribution < -0.4 is 29.6 Å². The number of unbranched alkanes of at least 4 members (excludes halogenated alkanes) is 1. The highest BCUT2D eigenvalue weighted by molar-refractivity contribution is 5.91. The molecule has 1 aromatic heterocycles. The second kappa shape index (κ2) is 16.2. The molecule has 1 heterocycles. The molecule has 2 N–H and O–H groups in total. The van der Waals surface area contributed by atoms with Gasteiger partial charge in [-0.3, -0.25) is 0 Å². The number of esters is 1. The predicted molar refractivity (Wildman–Crippen MR) is 172 cm³/mol. The lowest BCUT2D eigenvalue weighted by Crippen LogP contribution is -2.24. The number of carbonyl (C=O) groups excluding carboxylic acids is 1. The van der Waals surface area contributed by atoms with Crippen molar-refractivity contribution in [2.45, 2.75) is 52.6 Å². The number of ether oxygens (including phenoxy) is 5. The smallest absolute Gasteiger partial charge is 0.333 e. The number of methoxy groups -OCH3 is 2. The molecule has 0 bridgehead atoms. The van der Waals surface area contributed by atoms with Gasteiger partial charge in [-0.2, -0.15) is 0 Å². The van der Waals surface area contributed by atoms with Gasteiger partial charge < -0.3 is 34.3 Å². The van der Waals surface area contributed by atoms with E-state index in [1.807, 2.05) is 68.4 Å². The van der Waals surface area contributed by atoms with Gasteiger partial charge in [0.2, 0.25) is 0 Å². The largest absolute Gasteiger partial charge is 0.497 e. The number of nitrogens with one attached hydrogen (secondary N) is 2. The Morgan fingerprint density at radius 2 is 1.70 bits per heavy atom. The van der Waals surface area contributed by atoms with Crippen molar-refractivity contribution >= 4 is 28.4 Å². The van der Waals surface area contributed by atoms with Gasteiger partial charge in [-0.1, -0.05) is 26.3 Å². The number of rotatable bonds is 17. The fourth-order valence-electron chi connectivity index (χ4n) is 4.61. The molecule has 10 nitrogen and oxygen atoms in total.